The van der Waals surface area contributed by atoms with E-state index < -0.39 is 0 Å². The highest BCUT2D eigenvalue weighted by atomic mass is 35.5. The summed E-state index contributed by atoms with van der Waals surface area (Å²) in [6.45, 7) is 2.89. The topological polar surface area (TPSA) is 78.6 Å². The minimum absolute atomic E-state index is 0.152. The Bertz CT molecular complexity index is 1400. The Morgan fingerprint density at radius 3 is 2.46 bits per heavy atom. The Morgan fingerprint density at radius 2 is 1.74 bits per heavy atom. The number of halogens is 2. The van der Waals surface area contributed by atoms with Crippen molar-refractivity contribution >= 4 is 51.5 Å². The lowest BCUT2D eigenvalue weighted by molar-refractivity contribution is 0.0617. The first-order chi connectivity index (χ1) is 19.0. The predicted molar refractivity (Wildman–Crippen MR) is 159 cm³/mol. The molecule has 3 aromatic carbocycles. The number of hydrogen-bond donors (Lipinski definition) is 3. The second-order valence-corrected chi connectivity index (χ2v) is 10.6. The SMILES string of the molecule is COCCOCc1cc(NC2CCN(C(=O)Nc3cc(Cl)cc(Cl)c3)CC2)c2[nH]c(-c3ccccc3)cc2c1. The van der Waals surface area contributed by atoms with Crippen LogP contribution in [0.1, 0.15) is 18.4 Å². The summed E-state index contributed by atoms with van der Waals surface area (Å²) in [7, 11) is 1.67. The maximum absolute atomic E-state index is 12.8. The van der Waals surface area contributed by atoms with E-state index in [1.54, 1.807) is 25.3 Å². The number of methoxy groups -OCH3 is 1. The summed E-state index contributed by atoms with van der Waals surface area (Å²) in [6.07, 6.45) is 1.65. The first-order valence-corrected chi connectivity index (χ1v) is 13.8. The van der Waals surface area contributed by atoms with Gasteiger partial charge in [-0.1, -0.05) is 53.5 Å². The largest absolute Gasteiger partial charge is 0.382 e. The van der Waals surface area contributed by atoms with Crippen molar-refractivity contribution in [1.82, 2.24) is 9.88 Å². The van der Waals surface area contributed by atoms with E-state index in [0.29, 0.717) is 48.6 Å². The lowest BCUT2D eigenvalue weighted by Crippen LogP contribution is -2.44. The van der Waals surface area contributed by atoms with Gasteiger partial charge in [-0.15, -0.1) is 0 Å². The van der Waals surface area contributed by atoms with Crippen LogP contribution in [-0.2, 0) is 16.1 Å². The molecule has 0 atom stereocenters. The molecule has 2 amide bonds. The van der Waals surface area contributed by atoms with Crippen LogP contribution in [0, 0.1) is 0 Å². The molecule has 1 aliphatic heterocycles. The number of likely N-dealkylation sites (tertiary alicyclic amines) is 1. The molecule has 9 heteroatoms. The summed E-state index contributed by atoms with van der Waals surface area (Å²) in [5.74, 6) is 0. The molecule has 3 N–H and O–H groups in total. The number of anilines is 2. The number of H-pyrrole nitrogens is 1. The molecule has 1 saturated heterocycles. The Balaban J connectivity index is 1.28. The van der Waals surface area contributed by atoms with Crippen molar-refractivity contribution in [2.45, 2.75) is 25.5 Å². The molecule has 4 aromatic rings. The number of carbonyl (C=O) groups is 1. The van der Waals surface area contributed by atoms with Crippen molar-refractivity contribution in [2.24, 2.45) is 0 Å². The number of nitrogens with one attached hydrogen (secondary N) is 3. The standard InChI is InChI=1S/C30H32Cl2N4O3/c1-38-11-12-39-19-20-13-22-15-27(21-5-3-2-4-6-21)35-29(22)28(14-20)33-25-7-9-36(10-8-25)30(37)34-26-17-23(31)16-24(32)18-26/h2-6,13-18,25,33,35H,7-12,19H2,1H3,(H,34,37). The van der Waals surface area contributed by atoms with Gasteiger partial charge in [0, 0.05) is 53.1 Å². The van der Waals surface area contributed by atoms with E-state index in [1.165, 1.54) is 0 Å². The number of aromatic nitrogens is 1. The third-order valence-corrected chi connectivity index (χ3v) is 7.27. The third kappa shape index (κ3) is 7.05. The fourth-order valence-corrected chi connectivity index (χ4v) is 5.41. The number of hydrogen-bond acceptors (Lipinski definition) is 4. The fraction of sp³-hybridized carbons (Fsp3) is 0.300. The Hall–Kier alpha value is -3.23. The highest BCUT2D eigenvalue weighted by molar-refractivity contribution is 6.35. The molecule has 0 saturated carbocycles. The van der Waals surface area contributed by atoms with Gasteiger partial charge in [-0.3, -0.25) is 0 Å². The minimum Gasteiger partial charge on any atom is -0.382 e. The fourth-order valence-electron chi connectivity index (χ4n) is 4.88. The maximum Gasteiger partial charge on any atom is 0.321 e. The summed E-state index contributed by atoms with van der Waals surface area (Å²) in [5.41, 5.74) is 5.99. The zero-order valence-corrected chi connectivity index (χ0v) is 23.3. The molecule has 39 heavy (non-hydrogen) atoms. The summed E-state index contributed by atoms with van der Waals surface area (Å²) in [4.78, 5) is 18.3. The van der Waals surface area contributed by atoms with Gasteiger partial charge >= 0.3 is 6.03 Å². The molecule has 1 aliphatic rings. The van der Waals surface area contributed by atoms with E-state index in [9.17, 15) is 4.79 Å². The molecular weight excluding hydrogens is 535 g/mol. The molecule has 7 nitrogen and oxygen atoms in total. The van der Waals surface area contributed by atoms with Gasteiger partial charge < -0.3 is 30.0 Å². The van der Waals surface area contributed by atoms with Crippen LogP contribution in [0.3, 0.4) is 0 Å². The van der Waals surface area contributed by atoms with Gasteiger partial charge in [0.1, 0.15) is 0 Å². The number of aromatic amines is 1. The Kier molecular flexibility index (Phi) is 8.94. The molecule has 0 aliphatic carbocycles. The lowest BCUT2D eigenvalue weighted by Gasteiger charge is -2.33. The van der Waals surface area contributed by atoms with Gasteiger partial charge in [0.2, 0.25) is 0 Å². The Labute approximate surface area is 238 Å². The number of urea groups is 1. The average molecular weight is 568 g/mol. The van der Waals surface area contributed by atoms with Crippen molar-refractivity contribution < 1.29 is 14.3 Å². The first kappa shape index (κ1) is 27.3. The molecule has 0 bridgehead atoms. The van der Waals surface area contributed by atoms with Crippen LogP contribution in [0.5, 0.6) is 0 Å². The van der Waals surface area contributed by atoms with Gasteiger partial charge in [0.15, 0.2) is 0 Å². The number of carbonyl (C=O) groups excluding carboxylic acids is 1. The number of ether oxygens (including phenoxy) is 2. The monoisotopic (exact) mass is 566 g/mol. The molecule has 0 spiro atoms. The molecular formula is C30H32Cl2N4O3. The number of nitrogens with zero attached hydrogens (tertiary/aromatic N) is 1. The van der Waals surface area contributed by atoms with Gasteiger partial charge in [-0.2, -0.15) is 0 Å². The number of rotatable bonds is 9. The van der Waals surface area contributed by atoms with Crippen molar-refractivity contribution in [3.63, 3.8) is 0 Å². The summed E-state index contributed by atoms with van der Waals surface area (Å²) >= 11 is 12.1. The van der Waals surface area contributed by atoms with E-state index in [-0.39, 0.29) is 12.1 Å². The summed E-state index contributed by atoms with van der Waals surface area (Å²) in [5, 5.41) is 8.75. The molecule has 1 aromatic heterocycles. The summed E-state index contributed by atoms with van der Waals surface area (Å²) < 4.78 is 10.9. The van der Waals surface area contributed by atoms with Crippen LogP contribution < -0.4 is 10.6 Å². The molecule has 1 fully saturated rings. The van der Waals surface area contributed by atoms with Crippen molar-refractivity contribution in [3.05, 3.63) is 82.3 Å². The first-order valence-electron chi connectivity index (χ1n) is 13.0. The van der Waals surface area contributed by atoms with Crippen molar-refractivity contribution in [3.8, 4) is 11.3 Å². The molecule has 5 rings (SSSR count). The second-order valence-electron chi connectivity index (χ2n) is 9.70. The average Bonchev–Trinajstić information content (AvgIpc) is 3.36. The number of amides is 2. The smallest absolute Gasteiger partial charge is 0.321 e. The van der Waals surface area contributed by atoms with E-state index in [2.05, 4.69) is 45.9 Å². The zero-order chi connectivity index (χ0) is 27.2. The molecule has 0 radical (unpaired) electrons. The highest BCUT2D eigenvalue weighted by Crippen LogP contribution is 2.32. The predicted octanol–water partition coefficient (Wildman–Crippen LogP) is 7.41. The quantitative estimate of drug-likeness (QED) is 0.184. The highest BCUT2D eigenvalue weighted by Gasteiger charge is 2.24. The number of benzene rings is 3. The number of fused-ring (bicyclic) bond motifs is 1. The van der Waals surface area contributed by atoms with E-state index >= 15 is 0 Å². The van der Waals surface area contributed by atoms with Gasteiger partial charge in [0.05, 0.1) is 31.0 Å². The molecule has 204 valence electrons. The van der Waals surface area contributed by atoms with E-state index in [0.717, 1.165) is 46.3 Å². The van der Waals surface area contributed by atoms with Crippen LogP contribution >= 0.6 is 23.2 Å². The minimum atomic E-state index is -0.152. The molecule has 2 heterocycles. The van der Waals surface area contributed by atoms with Crippen molar-refractivity contribution in [1.29, 1.82) is 0 Å². The van der Waals surface area contributed by atoms with Crippen LogP contribution in [0.4, 0.5) is 16.2 Å². The summed E-state index contributed by atoms with van der Waals surface area (Å²) in [6, 6.07) is 21.9. The van der Waals surface area contributed by atoms with Gasteiger partial charge in [0.25, 0.3) is 0 Å². The van der Waals surface area contributed by atoms with E-state index in [4.69, 9.17) is 32.7 Å². The normalized spacial score (nSPS) is 14.1. The van der Waals surface area contributed by atoms with Crippen LogP contribution in [0.25, 0.3) is 22.2 Å². The number of piperidine rings is 1. The van der Waals surface area contributed by atoms with Crippen LogP contribution in [-0.4, -0.2) is 55.4 Å². The van der Waals surface area contributed by atoms with Crippen LogP contribution in [0.15, 0.2) is 66.7 Å². The molecule has 0 unspecified atom stereocenters. The third-order valence-electron chi connectivity index (χ3n) is 6.83. The van der Waals surface area contributed by atoms with Crippen LogP contribution in [0.2, 0.25) is 10.0 Å². The van der Waals surface area contributed by atoms with E-state index in [1.807, 2.05) is 23.1 Å². The van der Waals surface area contributed by atoms with Gasteiger partial charge in [-0.25, -0.2) is 4.79 Å². The lowest BCUT2D eigenvalue weighted by atomic mass is 10.0. The Morgan fingerprint density at radius 1 is 1.00 bits per heavy atom. The van der Waals surface area contributed by atoms with Gasteiger partial charge in [-0.05, 0) is 60.4 Å². The maximum atomic E-state index is 12.8. The zero-order valence-electron chi connectivity index (χ0n) is 21.8. The second kappa shape index (κ2) is 12.7. The van der Waals surface area contributed by atoms with Crippen molar-refractivity contribution in [2.75, 3.05) is 44.0 Å².